The van der Waals surface area contributed by atoms with E-state index in [1.54, 1.807) is 7.05 Å². The van der Waals surface area contributed by atoms with E-state index in [1.807, 2.05) is 25.5 Å². The third-order valence-electron chi connectivity index (χ3n) is 2.84. The number of esters is 1. The zero-order chi connectivity index (χ0) is 13.7. The number of carbonyl (C=O) groups excluding carboxylic acids is 1. The first-order chi connectivity index (χ1) is 8.51. The number of likely N-dealkylation sites (N-methyl/N-ethyl adjacent to an activating group) is 1. The van der Waals surface area contributed by atoms with Crippen LogP contribution in [-0.4, -0.2) is 35.4 Å². The van der Waals surface area contributed by atoms with Gasteiger partial charge in [-0.3, -0.25) is 9.48 Å². The van der Waals surface area contributed by atoms with Gasteiger partial charge < -0.3 is 10.1 Å². The fourth-order valence-electron chi connectivity index (χ4n) is 1.77. The van der Waals surface area contributed by atoms with Crippen LogP contribution in [0.1, 0.15) is 24.7 Å². The largest absolute Gasteiger partial charge is 0.465 e. The summed E-state index contributed by atoms with van der Waals surface area (Å²) in [6, 6.07) is -0.285. The summed E-state index contributed by atoms with van der Waals surface area (Å²) in [6.07, 6.45) is 0.656. The summed E-state index contributed by atoms with van der Waals surface area (Å²) in [7, 11) is 1.76. The standard InChI is InChI=1S/C12H20BrN3O2/c1-5-18-12(17)10(14-4)6-7-16-9(3)11(13)8(2)15-16/h10,14H,5-7H2,1-4H3. The maximum absolute atomic E-state index is 11.6. The van der Waals surface area contributed by atoms with Gasteiger partial charge in [0.25, 0.3) is 0 Å². The number of carbonyl (C=O) groups is 1. The van der Waals surface area contributed by atoms with Crippen molar-refractivity contribution in [1.29, 1.82) is 0 Å². The van der Waals surface area contributed by atoms with E-state index in [9.17, 15) is 4.79 Å². The van der Waals surface area contributed by atoms with Crippen LogP contribution in [0.4, 0.5) is 0 Å². The minimum atomic E-state index is -0.285. The zero-order valence-electron chi connectivity index (χ0n) is 11.3. The number of ether oxygens (including phenoxy) is 1. The summed E-state index contributed by atoms with van der Waals surface area (Å²) >= 11 is 3.49. The molecule has 1 unspecified atom stereocenters. The molecule has 102 valence electrons. The Morgan fingerprint density at radius 3 is 2.67 bits per heavy atom. The van der Waals surface area contributed by atoms with Gasteiger partial charge in [0.1, 0.15) is 6.04 Å². The molecule has 6 heteroatoms. The second-order valence-corrected chi connectivity index (χ2v) is 4.88. The van der Waals surface area contributed by atoms with E-state index in [4.69, 9.17) is 4.74 Å². The normalized spacial score (nSPS) is 12.5. The number of nitrogens with zero attached hydrogens (tertiary/aromatic N) is 2. The van der Waals surface area contributed by atoms with Crippen LogP contribution < -0.4 is 5.32 Å². The minimum Gasteiger partial charge on any atom is -0.465 e. The Morgan fingerprint density at radius 1 is 1.56 bits per heavy atom. The molecule has 0 radical (unpaired) electrons. The number of aromatic nitrogens is 2. The SMILES string of the molecule is CCOC(=O)C(CCn1nc(C)c(Br)c1C)NC. The van der Waals surface area contributed by atoms with Gasteiger partial charge in [-0.15, -0.1) is 0 Å². The minimum absolute atomic E-state index is 0.208. The molecule has 0 spiro atoms. The van der Waals surface area contributed by atoms with Crippen LogP contribution in [0.3, 0.4) is 0 Å². The van der Waals surface area contributed by atoms with Gasteiger partial charge in [0.2, 0.25) is 0 Å². The summed E-state index contributed by atoms with van der Waals surface area (Å²) in [5.41, 5.74) is 2.04. The Balaban J connectivity index is 2.62. The van der Waals surface area contributed by atoms with E-state index in [-0.39, 0.29) is 12.0 Å². The van der Waals surface area contributed by atoms with Crippen molar-refractivity contribution in [3.8, 4) is 0 Å². The fourth-order valence-corrected chi connectivity index (χ4v) is 2.05. The highest BCUT2D eigenvalue weighted by Crippen LogP contribution is 2.20. The van der Waals surface area contributed by atoms with E-state index < -0.39 is 0 Å². The van der Waals surface area contributed by atoms with Gasteiger partial charge in [-0.25, -0.2) is 0 Å². The first-order valence-corrected chi connectivity index (χ1v) is 6.84. The number of halogens is 1. The Kier molecular flexibility index (Phi) is 5.81. The van der Waals surface area contributed by atoms with Crippen LogP contribution in [0.25, 0.3) is 0 Å². The Morgan fingerprint density at radius 2 is 2.22 bits per heavy atom. The monoisotopic (exact) mass is 317 g/mol. The van der Waals surface area contributed by atoms with Gasteiger partial charge in [0, 0.05) is 12.2 Å². The molecule has 0 aliphatic heterocycles. The van der Waals surface area contributed by atoms with E-state index >= 15 is 0 Å². The number of rotatable bonds is 6. The lowest BCUT2D eigenvalue weighted by Crippen LogP contribution is -2.36. The van der Waals surface area contributed by atoms with Gasteiger partial charge in [-0.2, -0.15) is 5.10 Å². The quantitative estimate of drug-likeness (QED) is 0.813. The highest BCUT2D eigenvalue weighted by atomic mass is 79.9. The maximum Gasteiger partial charge on any atom is 0.323 e. The molecule has 1 N–H and O–H groups in total. The molecule has 1 aromatic heterocycles. The number of aryl methyl sites for hydroxylation is 2. The van der Waals surface area contributed by atoms with Gasteiger partial charge >= 0.3 is 5.97 Å². The lowest BCUT2D eigenvalue weighted by atomic mass is 10.2. The molecule has 1 heterocycles. The second-order valence-electron chi connectivity index (χ2n) is 4.09. The molecule has 0 aromatic carbocycles. The van der Waals surface area contributed by atoms with Gasteiger partial charge in [0.15, 0.2) is 0 Å². The molecule has 0 aliphatic rings. The topological polar surface area (TPSA) is 56.2 Å². The van der Waals surface area contributed by atoms with Gasteiger partial charge in [0.05, 0.1) is 16.8 Å². The van der Waals surface area contributed by atoms with Crippen molar-refractivity contribution in [3.05, 3.63) is 15.9 Å². The van der Waals surface area contributed by atoms with Crippen LogP contribution in [0.15, 0.2) is 4.47 Å². The maximum atomic E-state index is 11.6. The predicted octanol–water partition coefficient (Wildman–Crippen LogP) is 1.80. The zero-order valence-corrected chi connectivity index (χ0v) is 12.9. The summed E-state index contributed by atoms with van der Waals surface area (Å²) in [6.45, 7) is 6.85. The average Bonchev–Trinajstić information content (AvgIpc) is 2.58. The molecule has 0 aliphatic carbocycles. The van der Waals surface area contributed by atoms with Crippen molar-refractivity contribution >= 4 is 21.9 Å². The molecule has 18 heavy (non-hydrogen) atoms. The molecule has 1 atom stereocenters. The summed E-state index contributed by atoms with van der Waals surface area (Å²) in [4.78, 5) is 11.6. The second kappa shape index (κ2) is 6.89. The van der Waals surface area contributed by atoms with Crippen molar-refractivity contribution in [2.75, 3.05) is 13.7 Å². The van der Waals surface area contributed by atoms with Crippen LogP contribution in [0.5, 0.6) is 0 Å². The Labute approximate surface area is 116 Å². The van der Waals surface area contributed by atoms with E-state index in [2.05, 4.69) is 26.3 Å². The number of hydrogen-bond acceptors (Lipinski definition) is 4. The molecule has 0 fully saturated rings. The molecular weight excluding hydrogens is 298 g/mol. The first-order valence-electron chi connectivity index (χ1n) is 6.04. The van der Waals surface area contributed by atoms with E-state index in [0.29, 0.717) is 19.6 Å². The smallest absolute Gasteiger partial charge is 0.323 e. The third kappa shape index (κ3) is 3.55. The fraction of sp³-hybridized carbons (Fsp3) is 0.667. The van der Waals surface area contributed by atoms with Crippen molar-refractivity contribution in [2.45, 2.75) is 39.8 Å². The van der Waals surface area contributed by atoms with Gasteiger partial charge in [-0.1, -0.05) is 0 Å². The molecule has 1 rings (SSSR count). The first kappa shape index (κ1) is 15.2. The summed E-state index contributed by atoms with van der Waals surface area (Å²) in [5, 5.41) is 7.38. The highest BCUT2D eigenvalue weighted by molar-refractivity contribution is 9.10. The molecule has 5 nitrogen and oxygen atoms in total. The van der Waals surface area contributed by atoms with Crippen molar-refractivity contribution in [2.24, 2.45) is 0 Å². The van der Waals surface area contributed by atoms with E-state index in [1.165, 1.54) is 0 Å². The van der Waals surface area contributed by atoms with Crippen molar-refractivity contribution in [1.82, 2.24) is 15.1 Å². The van der Waals surface area contributed by atoms with E-state index in [0.717, 1.165) is 15.9 Å². The lowest BCUT2D eigenvalue weighted by molar-refractivity contribution is -0.145. The Bertz CT molecular complexity index is 418. The number of nitrogens with one attached hydrogen (secondary N) is 1. The van der Waals surface area contributed by atoms with Crippen LogP contribution in [0.2, 0.25) is 0 Å². The number of hydrogen-bond donors (Lipinski definition) is 1. The predicted molar refractivity (Wildman–Crippen MR) is 73.5 cm³/mol. The van der Waals surface area contributed by atoms with Crippen LogP contribution in [-0.2, 0) is 16.1 Å². The molecule has 0 amide bonds. The highest BCUT2D eigenvalue weighted by Gasteiger charge is 2.18. The van der Waals surface area contributed by atoms with Gasteiger partial charge in [-0.05, 0) is 50.2 Å². The third-order valence-corrected chi connectivity index (χ3v) is 3.99. The molecular formula is C12H20BrN3O2. The van der Waals surface area contributed by atoms with Crippen LogP contribution >= 0.6 is 15.9 Å². The molecule has 1 aromatic rings. The molecule has 0 saturated carbocycles. The van der Waals surface area contributed by atoms with Crippen molar-refractivity contribution < 1.29 is 9.53 Å². The lowest BCUT2D eigenvalue weighted by Gasteiger charge is -2.15. The summed E-state index contributed by atoms with van der Waals surface area (Å²) in [5.74, 6) is -0.208. The summed E-state index contributed by atoms with van der Waals surface area (Å²) < 4.78 is 7.94. The Hall–Kier alpha value is -0.880. The van der Waals surface area contributed by atoms with Crippen molar-refractivity contribution in [3.63, 3.8) is 0 Å². The van der Waals surface area contributed by atoms with Crippen LogP contribution in [0, 0.1) is 13.8 Å². The average molecular weight is 318 g/mol. The molecule has 0 bridgehead atoms. The molecule has 0 saturated heterocycles.